The fourth-order valence-electron chi connectivity index (χ4n) is 1.43. The molecule has 0 spiro atoms. The van der Waals surface area contributed by atoms with Crippen LogP contribution in [0.25, 0.3) is 11.5 Å². The fourth-order valence-corrected chi connectivity index (χ4v) is 1.43. The van der Waals surface area contributed by atoms with E-state index in [1.807, 2.05) is 19.1 Å². The number of aryl methyl sites for hydroxylation is 1. The van der Waals surface area contributed by atoms with Crippen LogP contribution in [0.3, 0.4) is 0 Å². The smallest absolute Gasteiger partial charge is 0.305 e. The van der Waals surface area contributed by atoms with Gasteiger partial charge in [-0.25, -0.2) is 0 Å². The fraction of sp³-hybridized carbons (Fsp3) is 0.250. The number of carboxylic acids is 1. The van der Waals surface area contributed by atoms with Gasteiger partial charge in [0.1, 0.15) is 17.3 Å². The van der Waals surface area contributed by atoms with Crippen LogP contribution in [0.1, 0.15) is 12.2 Å². The first-order valence-electron chi connectivity index (χ1n) is 5.51. The Morgan fingerprint density at radius 3 is 2.72 bits per heavy atom. The second kappa shape index (κ2) is 5.31. The largest absolute Gasteiger partial charge is 0.481 e. The number of aliphatic carboxylic acids is 1. The minimum atomic E-state index is -0.849. The lowest BCUT2D eigenvalue weighted by Gasteiger charge is -2.02. The third-order valence-electron chi connectivity index (χ3n) is 2.30. The SMILES string of the molecule is Cc1ccc(-c2ccc(NCCC(=O)O)nn2)o1. The molecule has 0 unspecified atom stereocenters. The number of hydrogen-bond donors (Lipinski definition) is 2. The van der Waals surface area contributed by atoms with E-state index in [0.717, 1.165) is 5.76 Å². The van der Waals surface area contributed by atoms with E-state index in [0.29, 0.717) is 23.8 Å². The van der Waals surface area contributed by atoms with Crippen LogP contribution in [0.15, 0.2) is 28.7 Å². The van der Waals surface area contributed by atoms with E-state index in [4.69, 9.17) is 9.52 Å². The standard InChI is InChI=1S/C12H13N3O3/c1-8-2-4-10(18-8)9-3-5-11(15-14-9)13-7-6-12(16)17/h2-5H,6-7H2,1H3,(H,13,15)(H,16,17). The number of nitrogens with zero attached hydrogens (tertiary/aromatic N) is 2. The minimum Gasteiger partial charge on any atom is -0.481 e. The summed E-state index contributed by atoms with van der Waals surface area (Å²) in [6.45, 7) is 2.18. The van der Waals surface area contributed by atoms with Crippen molar-refractivity contribution < 1.29 is 14.3 Å². The second-order valence-electron chi connectivity index (χ2n) is 3.78. The first kappa shape index (κ1) is 12.1. The van der Waals surface area contributed by atoms with Gasteiger partial charge in [-0.15, -0.1) is 10.2 Å². The summed E-state index contributed by atoms with van der Waals surface area (Å²) in [5.41, 5.74) is 0.645. The number of nitrogens with one attached hydrogen (secondary N) is 1. The van der Waals surface area contributed by atoms with Crippen molar-refractivity contribution in [3.05, 3.63) is 30.0 Å². The summed E-state index contributed by atoms with van der Waals surface area (Å²) in [6, 6.07) is 7.20. The molecule has 0 aromatic carbocycles. The molecule has 0 fully saturated rings. The van der Waals surface area contributed by atoms with Crippen LogP contribution < -0.4 is 5.32 Å². The van der Waals surface area contributed by atoms with Crippen LogP contribution in [0.2, 0.25) is 0 Å². The zero-order chi connectivity index (χ0) is 13.0. The first-order chi connectivity index (χ1) is 8.65. The molecule has 0 bridgehead atoms. The number of hydrogen-bond acceptors (Lipinski definition) is 5. The molecule has 0 saturated heterocycles. The van der Waals surface area contributed by atoms with Gasteiger partial charge in [-0.1, -0.05) is 0 Å². The average molecular weight is 247 g/mol. The van der Waals surface area contributed by atoms with Gasteiger partial charge < -0.3 is 14.8 Å². The van der Waals surface area contributed by atoms with Gasteiger partial charge in [-0.2, -0.15) is 0 Å². The van der Waals surface area contributed by atoms with Crippen LogP contribution in [0.4, 0.5) is 5.82 Å². The zero-order valence-corrected chi connectivity index (χ0v) is 9.88. The van der Waals surface area contributed by atoms with Crippen LogP contribution >= 0.6 is 0 Å². The quantitative estimate of drug-likeness (QED) is 0.839. The van der Waals surface area contributed by atoms with Gasteiger partial charge in [0.2, 0.25) is 0 Å². The molecule has 0 atom stereocenters. The number of furan rings is 1. The maximum atomic E-state index is 10.3. The molecule has 0 aliphatic rings. The molecule has 0 saturated carbocycles. The van der Waals surface area contributed by atoms with Gasteiger partial charge >= 0.3 is 5.97 Å². The van der Waals surface area contributed by atoms with Crippen molar-refractivity contribution in [2.45, 2.75) is 13.3 Å². The predicted molar refractivity (Wildman–Crippen MR) is 65.2 cm³/mol. The number of anilines is 1. The number of aromatic nitrogens is 2. The number of rotatable bonds is 5. The van der Waals surface area contributed by atoms with Crippen molar-refractivity contribution >= 4 is 11.8 Å². The van der Waals surface area contributed by atoms with Gasteiger partial charge in [0, 0.05) is 6.54 Å². The van der Waals surface area contributed by atoms with E-state index in [1.54, 1.807) is 12.1 Å². The maximum absolute atomic E-state index is 10.3. The van der Waals surface area contributed by atoms with Crippen LogP contribution in [-0.2, 0) is 4.79 Å². The lowest BCUT2D eigenvalue weighted by atomic mass is 10.3. The Morgan fingerprint density at radius 1 is 1.33 bits per heavy atom. The Labute approximate surface area is 104 Å². The Morgan fingerprint density at radius 2 is 2.17 bits per heavy atom. The molecular formula is C12H13N3O3. The van der Waals surface area contributed by atoms with Crippen molar-refractivity contribution in [3.63, 3.8) is 0 Å². The molecule has 0 radical (unpaired) electrons. The van der Waals surface area contributed by atoms with Gasteiger partial charge in [0.25, 0.3) is 0 Å². The molecule has 94 valence electrons. The number of carbonyl (C=O) groups is 1. The summed E-state index contributed by atoms with van der Waals surface area (Å²) in [6.07, 6.45) is 0.0425. The zero-order valence-electron chi connectivity index (χ0n) is 9.88. The second-order valence-corrected chi connectivity index (χ2v) is 3.78. The summed E-state index contributed by atoms with van der Waals surface area (Å²) in [5.74, 6) is 1.17. The summed E-state index contributed by atoms with van der Waals surface area (Å²) in [5, 5.41) is 19.3. The third kappa shape index (κ3) is 3.07. The highest BCUT2D eigenvalue weighted by Crippen LogP contribution is 2.19. The van der Waals surface area contributed by atoms with E-state index < -0.39 is 5.97 Å². The summed E-state index contributed by atoms with van der Waals surface area (Å²) < 4.78 is 5.42. The Balaban J connectivity index is 1.99. The first-order valence-corrected chi connectivity index (χ1v) is 5.51. The van der Waals surface area contributed by atoms with Gasteiger partial charge in [-0.3, -0.25) is 4.79 Å². The highest BCUT2D eigenvalue weighted by atomic mass is 16.4. The molecule has 2 N–H and O–H groups in total. The predicted octanol–water partition coefficient (Wildman–Crippen LogP) is 1.93. The highest BCUT2D eigenvalue weighted by molar-refractivity contribution is 5.67. The maximum Gasteiger partial charge on any atom is 0.305 e. The van der Waals surface area contributed by atoms with Gasteiger partial charge in [0.15, 0.2) is 5.76 Å². The third-order valence-corrected chi connectivity index (χ3v) is 2.30. The molecule has 18 heavy (non-hydrogen) atoms. The van der Waals surface area contributed by atoms with E-state index in [2.05, 4.69) is 15.5 Å². The van der Waals surface area contributed by atoms with Crippen LogP contribution in [0, 0.1) is 6.92 Å². The van der Waals surface area contributed by atoms with E-state index in [9.17, 15) is 4.79 Å². The van der Waals surface area contributed by atoms with E-state index >= 15 is 0 Å². The molecule has 6 heteroatoms. The molecule has 2 heterocycles. The van der Waals surface area contributed by atoms with Gasteiger partial charge in [0.05, 0.1) is 6.42 Å². The summed E-state index contributed by atoms with van der Waals surface area (Å²) in [4.78, 5) is 10.3. The van der Waals surface area contributed by atoms with Crippen molar-refractivity contribution in [2.24, 2.45) is 0 Å². The van der Waals surface area contributed by atoms with Crippen molar-refractivity contribution in [3.8, 4) is 11.5 Å². The van der Waals surface area contributed by atoms with Gasteiger partial charge in [-0.05, 0) is 31.2 Å². The normalized spacial score (nSPS) is 10.3. The lowest BCUT2D eigenvalue weighted by Crippen LogP contribution is -2.08. The Bertz CT molecular complexity index is 534. The van der Waals surface area contributed by atoms with Crippen molar-refractivity contribution in [1.82, 2.24) is 10.2 Å². The Hall–Kier alpha value is -2.37. The molecule has 0 aliphatic heterocycles. The minimum absolute atomic E-state index is 0.0425. The molecule has 0 aliphatic carbocycles. The lowest BCUT2D eigenvalue weighted by molar-refractivity contribution is -0.136. The summed E-state index contributed by atoms with van der Waals surface area (Å²) >= 11 is 0. The highest BCUT2D eigenvalue weighted by Gasteiger charge is 2.05. The number of carboxylic acid groups (broad SMARTS) is 1. The van der Waals surface area contributed by atoms with Crippen LogP contribution in [0.5, 0.6) is 0 Å². The van der Waals surface area contributed by atoms with Crippen molar-refractivity contribution in [2.75, 3.05) is 11.9 Å². The Kier molecular flexibility index (Phi) is 3.57. The molecule has 0 amide bonds. The molecule has 2 rings (SSSR count). The van der Waals surface area contributed by atoms with E-state index in [1.165, 1.54) is 0 Å². The molecule has 6 nitrogen and oxygen atoms in total. The van der Waals surface area contributed by atoms with E-state index in [-0.39, 0.29) is 6.42 Å². The topological polar surface area (TPSA) is 88.2 Å². The monoisotopic (exact) mass is 247 g/mol. The molecule has 2 aromatic heterocycles. The molecule has 2 aromatic rings. The molecular weight excluding hydrogens is 234 g/mol. The summed E-state index contributed by atoms with van der Waals surface area (Å²) in [7, 11) is 0. The van der Waals surface area contributed by atoms with Crippen LogP contribution in [-0.4, -0.2) is 27.8 Å². The average Bonchev–Trinajstić information content (AvgIpc) is 2.76. The van der Waals surface area contributed by atoms with Crippen molar-refractivity contribution in [1.29, 1.82) is 0 Å².